The fourth-order valence-electron chi connectivity index (χ4n) is 2.50. The molecule has 0 amide bonds. The van der Waals surface area contributed by atoms with E-state index in [0.717, 1.165) is 35.6 Å². The summed E-state index contributed by atoms with van der Waals surface area (Å²) >= 11 is 0. The number of aromatic nitrogens is 4. The van der Waals surface area contributed by atoms with Crippen LogP contribution in [0.4, 0.5) is 0 Å². The molecule has 3 aromatic rings. The number of nitrogens with zero attached hydrogens (tertiary/aromatic N) is 5. The van der Waals surface area contributed by atoms with Crippen LogP contribution < -0.4 is 0 Å². The third-order valence-corrected chi connectivity index (χ3v) is 3.78. The van der Waals surface area contributed by atoms with Crippen molar-refractivity contribution in [1.29, 1.82) is 0 Å². The van der Waals surface area contributed by atoms with Crippen molar-refractivity contribution in [2.24, 2.45) is 0 Å². The van der Waals surface area contributed by atoms with E-state index in [9.17, 15) is 0 Å². The Bertz CT molecular complexity index is 760. The van der Waals surface area contributed by atoms with Gasteiger partial charge in [-0.1, -0.05) is 29.8 Å². The summed E-state index contributed by atoms with van der Waals surface area (Å²) in [6.45, 7) is 3.86. The minimum absolute atomic E-state index is 0.835. The molecule has 0 atom stereocenters. The van der Waals surface area contributed by atoms with Crippen molar-refractivity contribution in [1.82, 2.24) is 24.6 Å². The lowest BCUT2D eigenvalue weighted by Gasteiger charge is -2.13. The van der Waals surface area contributed by atoms with Crippen molar-refractivity contribution in [2.75, 3.05) is 20.6 Å². The molecule has 0 radical (unpaired) electrons. The molecule has 118 valence electrons. The standard InChI is InChI=1S/C18H21N5/c1-14-4-6-15(7-5-14)18-16(17-8-9-19-13-20-17)12-21-23(18)11-10-22(2)3/h4-9,12-13H,10-11H2,1-3H3. The van der Waals surface area contributed by atoms with Crippen LogP contribution in [0.3, 0.4) is 0 Å². The van der Waals surface area contributed by atoms with Gasteiger partial charge in [0.25, 0.3) is 0 Å². The van der Waals surface area contributed by atoms with Gasteiger partial charge in [0.05, 0.1) is 24.1 Å². The highest BCUT2D eigenvalue weighted by Crippen LogP contribution is 2.31. The van der Waals surface area contributed by atoms with Gasteiger partial charge in [-0.2, -0.15) is 5.10 Å². The lowest BCUT2D eigenvalue weighted by Crippen LogP contribution is -2.19. The molecule has 0 spiro atoms. The Morgan fingerprint density at radius 3 is 2.52 bits per heavy atom. The first-order valence-corrected chi connectivity index (χ1v) is 7.69. The van der Waals surface area contributed by atoms with Crippen LogP contribution in [0.5, 0.6) is 0 Å². The second-order valence-electron chi connectivity index (χ2n) is 5.89. The van der Waals surface area contributed by atoms with Gasteiger partial charge in [0.15, 0.2) is 0 Å². The predicted molar refractivity (Wildman–Crippen MR) is 92.0 cm³/mol. The molecule has 5 nitrogen and oxygen atoms in total. The first-order chi connectivity index (χ1) is 11.1. The maximum atomic E-state index is 4.59. The van der Waals surface area contributed by atoms with Gasteiger partial charge in [0.1, 0.15) is 6.33 Å². The minimum Gasteiger partial charge on any atom is -0.308 e. The average Bonchev–Trinajstić information content (AvgIpc) is 2.98. The molecular weight excluding hydrogens is 286 g/mol. The number of likely N-dealkylation sites (N-methyl/N-ethyl adjacent to an activating group) is 1. The fraction of sp³-hybridized carbons (Fsp3) is 0.278. The smallest absolute Gasteiger partial charge is 0.116 e. The summed E-state index contributed by atoms with van der Waals surface area (Å²) in [7, 11) is 4.14. The third kappa shape index (κ3) is 3.46. The molecule has 5 heteroatoms. The number of hydrogen-bond acceptors (Lipinski definition) is 4. The van der Waals surface area contributed by atoms with Crippen LogP contribution in [-0.4, -0.2) is 45.3 Å². The summed E-state index contributed by atoms with van der Waals surface area (Å²) in [5, 5.41) is 4.59. The summed E-state index contributed by atoms with van der Waals surface area (Å²) in [4.78, 5) is 10.6. The van der Waals surface area contributed by atoms with Crippen molar-refractivity contribution in [3.63, 3.8) is 0 Å². The Kier molecular flexibility index (Phi) is 4.48. The summed E-state index contributed by atoms with van der Waals surface area (Å²) < 4.78 is 2.06. The van der Waals surface area contributed by atoms with Crippen molar-refractivity contribution in [2.45, 2.75) is 13.5 Å². The molecule has 0 saturated carbocycles. The molecule has 0 fully saturated rings. The van der Waals surface area contributed by atoms with Crippen LogP contribution in [0.2, 0.25) is 0 Å². The van der Waals surface area contributed by atoms with Gasteiger partial charge in [-0.25, -0.2) is 9.97 Å². The van der Waals surface area contributed by atoms with Gasteiger partial charge in [0.2, 0.25) is 0 Å². The molecule has 3 rings (SSSR count). The molecule has 23 heavy (non-hydrogen) atoms. The van der Waals surface area contributed by atoms with Crippen LogP contribution in [0.1, 0.15) is 5.56 Å². The zero-order valence-electron chi connectivity index (χ0n) is 13.8. The quantitative estimate of drug-likeness (QED) is 0.727. The molecule has 0 aliphatic carbocycles. The van der Waals surface area contributed by atoms with E-state index in [2.05, 4.69) is 69.9 Å². The molecule has 2 heterocycles. The van der Waals surface area contributed by atoms with Gasteiger partial charge in [0, 0.05) is 23.9 Å². The molecule has 0 N–H and O–H groups in total. The van der Waals surface area contributed by atoms with Crippen LogP contribution in [0.25, 0.3) is 22.5 Å². The van der Waals surface area contributed by atoms with E-state index >= 15 is 0 Å². The summed E-state index contributed by atoms with van der Waals surface area (Å²) in [5.74, 6) is 0. The lowest BCUT2D eigenvalue weighted by atomic mass is 10.0. The number of hydrogen-bond donors (Lipinski definition) is 0. The Balaban J connectivity index is 2.08. The van der Waals surface area contributed by atoms with Crippen molar-refractivity contribution in [3.8, 4) is 22.5 Å². The molecule has 0 aliphatic heterocycles. The first-order valence-electron chi connectivity index (χ1n) is 7.69. The van der Waals surface area contributed by atoms with Gasteiger partial charge < -0.3 is 4.90 Å². The highest BCUT2D eigenvalue weighted by Gasteiger charge is 2.15. The van der Waals surface area contributed by atoms with Gasteiger partial charge in [-0.3, -0.25) is 4.68 Å². The van der Waals surface area contributed by atoms with E-state index < -0.39 is 0 Å². The van der Waals surface area contributed by atoms with E-state index in [1.165, 1.54) is 5.56 Å². The normalized spacial score (nSPS) is 11.1. The lowest BCUT2D eigenvalue weighted by molar-refractivity contribution is 0.374. The predicted octanol–water partition coefficient (Wildman–Crippen LogP) is 2.88. The van der Waals surface area contributed by atoms with Crippen LogP contribution in [-0.2, 0) is 6.54 Å². The molecule has 0 aliphatic rings. The van der Waals surface area contributed by atoms with Crippen molar-refractivity contribution < 1.29 is 0 Å². The second-order valence-corrected chi connectivity index (χ2v) is 5.89. The molecule has 0 bridgehead atoms. The van der Waals surface area contributed by atoms with Crippen LogP contribution in [0.15, 0.2) is 49.1 Å². The summed E-state index contributed by atoms with van der Waals surface area (Å²) in [5.41, 5.74) is 5.43. The van der Waals surface area contributed by atoms with Gasteiger partial charge >= 0.3 is 0 Å². The number of benzene rings is 1. The summed E-state index contributed by atoms with van der Waals surface area (Å²) in [6, 6.07) is 10.5. The van der Waals surface area contributed by atoms with E-state index in [1.54, 1.807) is 12.5 Å². The Labute approximate surface area is 136 Å². The molecule has 2 aromatic heterocycles. The largest absolute Gasteiger partial charge is 0.308 e. The van der Waals surface area contributed by atoms with Crippen LogP contribution in [0, 0.1) is 6.92 Å². The van der Waals surface area contributed by atoms with Gasteiger partial charge in [-0.15, -0.1) is 0 Å². The molecule has 1 aromatic carbocycles. The number of rotatable bonds is 5. The van der Waals surface area contributed by atoms with Crippen molar-refractivity contribution >= 4 is 0 Å². The summed E-state index contributed by atoms with van der Waals surface area (Å²) in [6.07, 6.45) is 5.23. The highest BCUT2D eigenvalue weighted by molar-refractivity contribution is 5.78. The monoisotopic (exact) mass is 307 g/mol. The fourth-order valence-corrected chi connectivity index (χ4v) is 2.50. The zero-order chi connectivity index (χ0) is 16.2. The Hall–Kier alpha value is -2.53. The molecular formula is C18H21N5. The third-order valence-electron chi connectivity index (χ3n) is 3.78. The zero-order valence-corrected chi connectivity index (χ0v) is 13.8. The van der Waals surface area contributed by atoms with Crippen LogP contribution >= 0.6 is 0 Å². The van der Waals surface area contributed by atoms with E-state index in [0.29, 0.717) is 0 Å². The van der Waals surface area contributed by atoms with E-state index in [-0.39, 0.29) is 0 Å². The van der Waals surface area contributed by atoms with Gasteiger partial charge in [-0.05, 0) is 27.1 Å². The topological polar surface area (TPSA) is 46.8 Å². The maximum absolute atomic E-state index is 4.59. The average molecular weight is 307 g/mol. The Morgan fingerprint density at radius 1 is 1.09 bits per heavy atom. The second kappa shape index (κ2) is 6.71. The molecule has 0 unspecified atom stereocenters. The SMILES string of the molecule is Cc1ccc(-c2c(-c3ccncn3)cnn2CCN(C)C)cc1. The first kappa shape index (κ1) is 15.4. The maximum Gasteiger partial charge on any atom is 0.116 e. The minimum atomic E-state index is 0.835. The van der Waals surface area contributed by atoms with Crippen molar-refractivity contribution in [3.05, 3.63) is 54.6 Å². The van der Waals surface area contributed by atoms with E-state index in [4.69, 9.17) is 0 Å². The highest BCUT2D eigenvalue weighted by atomic mass is 15.3. The molecule has 0 saturated heterocycles. The van der Waals surface area contributed by atoms with E-state index in [1.807, 2.05) is 12.3 Å². The number of aryl methyl sites for hydroxylation is 1. The Morgan fingerprint density at radius 2 is 1.87 bits per heavy atom.